The molecule has 1 aromatic heterocycles. The summed E-state index contributed by atoms with van der Waals surface area (Å²) in [5, 5.41) is 1.53. The molecule has 2 aromatic carbocycles. The predicted octanol–water partition coefficient (Wildman–Crippen LogP) is 4.99. The van der Waals surface area contributed by atoms with Crippen LogP contribution < -0.4 is 9.80 Å². The van der Waals surface area contributed by atoms with Crippen LogP contribution in [0.1, 0.15) is 44.1 Å². The number of nitrogens with zero attached hydrogens (tertiary/aromatic N) is 1. The summed E-state index contributed by atoms with van der Waals surface area (Å²) >= 11 is 15.4. The molecule has 8 nitrogen and oxygen atoms in total. The maximum absolute atomic E-state index is 11.7. The van der Waals surface area contributed by atoms with E-state index in [0.717, 1.165) is 20.2 Å². The summed E-state index contributed by atoms with van der Waals surface area (Å²) in [5.74, 6) is -1.05. The van der Waals surface area contributed by atoms with Gasteiger partial charge in [0.15, 0.2) is 0 Å². The molecule has 41 heavy (non-hydrogen) atoms. The Morgan fingerprint density at radius 3 is 2.12 bits per heavy atom. The third kappa shape index (κ3) is 10.3. The van der Waals surface area contributed by atoms with E-state index in [1.54, 1.807) is 34.9 Å². The molecule has 0 radical (unpaired) electrons. The highest BCUT2D eigenvalue weighted by Crippen LogP contribution is 2.47. The van der Waals surface area contributed by atoms with Gasteiger partial charge in [-0.25, -0.2) is 16.8 Å². The summed E-state index contributed by atoms with van der Waals surface area (Å²) in [6.45, 7) is 11.0. The van der Waals surface area contributed by atoms with Crippen molar-refractivity contribution >= 4 is 82.3 Å². The van der Waals surface area contributed by atoms with Gasteiger partial charge in [0.2, 0.25) is 0 Å². The lowest BCUT2D eigenvalue weighted by Gasteiger charge is -2.27. The smallest absolute Gasteiger partial charge is 0.0989 e. The van der Waals surface area contributed by atoms with Crippen LogP contribution in [0.15, 0.2) is 41.3 Å². The van der Waals surface area contributed by atoms with Crippen molar-refractivity contribution in [1.82, 2.24) is 0 Å². The fourth-order valence-electron chi connectivity index (χ4n) is 4.74. The molecule has 4 rings (SSSR count). The number of quaternary nitrogens is 1. The third-order valence-electron chi connectivity index (χ3n) is 6.90. The fourth-order valence-corrected chi connectivity index (χ4v) is 9.09. The molecule has 0 saturated heterocycles. The molecule has 1 aliphatic rings. The Labute approximate surface area is 261 Å². The molecule has 1 aliphatic heterocycles. The van der Waals surface area contributed by atoms with Crippen LogP contribution in [0.25, 0.3) is 10.1 Å². The highest BCUT2D eigenvalue weighted by atomic mass is 35.5. The van der Waals surface area contributed by atoms with Crippen molar-refractivity contribution < 1.29 is 30.8 Å². The maximum Gasteiger partial charge on any atom is 0.0989 e. The Hall–Kier alpha value is -1.09. The summed E-state index contributed by atoms with van der Waals surface area (Å²) in [7, 11) is -8.80. The van der Waals surface area contributed by atoms with Gasteiger partial charge in [0.1, 0.15) is 0 Å². The van der Waals surface area contributed by atoms with Crippen LogP contribution in [0.4, 0.5) is 5.69 Å². The lowest BCUT2D eigenvalue weighted by Crippen LogP contribution is -3.11. The minimum Gasteiger partial charge on any atom is -0.748 e. The Morgan fingerprint density at radius 2 is 1.54 bits per heavy atom. The van der Waals surface area contributed by atoms with Crippen molar-refractivity contribution in [2.75, 3.05) is 36.8 Å². The molecule has 0 fully saturated rings. The molecular formula is C27H35Cl2N2O6S4-. The Bertz CT molecular complexity index is 1540. The average molecular weight is 683 g/mol. The van der Waals surface area contributed by atoms with E-state index in [9.17, 15) is 25.9 Å². The quantitative estimate of drug-likeness (QED) is 0.210. The second-order valence-electron chi connectivity index (χ2n) is 9.71. The van der Waals surface area contributed by atoms with Crippen molar-refractivity contribution in [3.8, 4) is 0 Å². The van der Waals surface area contributed by atoms with Crippen molar-refractivity contribution in [2.45, 2.75) is 56.1 Å². The minimum absolute atomic E-state index is 0.131. The summed E-state index contributed by atoms with van der Waals surface area (Å²) in [6, 6.07) is 10.7. The van der Waals surface area contributed by atoms with Crippen molar-refractivity contribution in [3.05, 3.63) is 56.9 Å². The Balaban J connectivity index is 0.000000587. The van der Waals surface area contributed by atoms with Gasteiger partial charge in [-0.2, -0.15) is 0 Å². The predicted molar refractivity (Wildman–Crippen MR) is 169 cm³/mol. The molecule has 1 unspecified atom stereocenters. The van der Waals surface area contributed by atoms with Crippen LogP contribution in [0.5, 0.6) is 0 Å². The summed E-state index contributed by atoms with van der Waals surface area (Å²) in [5.41, 5.74) is 1.36. The number of fused-ring (bicyclic) bond motifs is 2. The van der Waals surface area contributed by atoms with Crippen LogP contribution in [-0.2, 0) is 32.4 Å². The zero-order valence-electron chi connectivity index (χ0n) is 23.2. The van der Waals surface area contributed by atoms with E-state index in [4.69, 9.17) is 23.2 Å². The molecule has 2 heterocycles. The van der Waals surface area contributed by atoms with Gasteiger partial charge in [-0.15, -0.1) is 11.3 Å². The number of thiophene rings is 1. The van der Waals surface area contributed by atoms with E-state index in [-0.39, 0.29) is 11.8 Å². The molecule has 0 aliphatic carbocycles. The summed E-state index contributed by atoms with van der Waals surface area (Å²) < 4.78 is 68.7. The largest absolute Gasteiger partial charge is 0.748 e. The van der Waals surface area contributed by atoms with Gasteiger partial charge in [-0.05, 0) is 81.0 Å². The van der Waals surface area contributed by atoms with Gasteiger partial charge >= 0.3 is 0 Å². The molecule has 0 amide bonds. The summed E-state index contributed by atoms with van der Waals surface area (Å²) in [6.07, 6.45) is 1.17. The Morgan fingerprint density at radius 1 is 0.902 bits per heavy atom. The molecular weight excluding hydrogens is 647 g/mol. The number of hydrogen-bond donors (Lipinski definition) is 1. The number of anilines is 1. The molecule has 1 N–H and O–H groups in total. The number of hydrogen-bond acceptors (Lipinski definition) is 9. The topological polar surface area (TPSA) is 122 Å². The fraction of sp³-hybridized carbons (Fsp3) is 0.481. The van der Waals surface area contributed by atoms with Crippen LogP contribution in [0, 0.1) is 0 Å². The average Bonchev–Trinajstić information content (AvgIpc) is 3.38. The lowest BCUT2D eigenvalue weighted by atomic mass is 10.1. The normalized spacial score (nSPS) is 15.3. The lowest BCUT2D eigenvalue weighted by molar-refractivity contribution is -0.894. The first-order chi connectivity index (χ1) is 19.2. The van der Waals surface area contributed by atoms with Crippen LogP contribution in [0.3, 0.4) is 0 Å². The van der Waals surface area contributed by atoms with Crippen molar-refractivity contribution in [2.24, 2.45) is 0 Å². The molecule has 228 valence electrons. The Kier molecular flexibility index (Phi) is 12.6. The molecule has 14 heteroatoms. The first-order valence-corrected chi connectivity index (χ1v) is 19.0. The number of unbranched alkanes of at least 4 members (excludes halogenated alkanes) is 1. The van der Waals surface area contributed by atoms with E-state index in [0.29, 0.717) is 40.4 Å². The molecule has 1 atom stereocenters. The zero-order chi connectivity index (χ0) is 30.4. The number of thioether (sulfide) groups is 1. The van der Waals surface area contributed by atoms with Gasteiger partial charge in [-0.3, -0.25) is 0 Å². The number of halogens is 2. The third-order valence-corrected chi connectivity index (χ3v) is 11.3. The second-order valence-corrected chi connectivity index (χ2v) is 15.9. The van der Waals surface area contributed by atoms with E-state index in [1.807, 2.05) is 18.2 Å². The number of nitrogens with one attached hydrogen (secondary N) is 1. The van der Waals surface area contributed by atoms with Crippen LogP contribution in [0.2, 0.25) is 10.0 Å². The first kappa shape index (κ1) is 34.4. The second kappa shape index (κ2) is 15.1. The monoisotopic (exact) mass is 681 g/mol. The van der Waals surface area contributed by atoms with E-state index in [2.05, 4.69) is 25.7 Å². The van der Waals surface area contributed by atoms with Gasteiger partial charge < -0.3 is 18.9 Å². The van der Waals surface area contributed by atoms with Gasteiger partial charge in [-0.1, -0.05) is 35.0 Å². The minimum atomic E-state index is -4.52. The molecule has 0 saturated carbocycles. The van der Waals surface area contributed by atoms with Gasteiger partial charge in [0, 0.05) is 43.2 Å². The van der Waals surface area contributed by atoms with E-state index in [1.165, 1.54) is 31.0 Å². The molecule has 0 spiro atoms. The molecule has 0 bridgehead atoms. The van der Waals surface area contributed by atoms with E-state index < -0.39 is 31.7 Å². The van der Waals surface area contributed by atoms with E-state index >= 15 is 0 Å². The number of rotatable bonds is 12. The molecule has 3 aromatic rings. The SMILES string of the molecule is CC[NH+](CC)CC.O=S(=O)([O-])CCCCN1c2cc(Cl)ccc2SC1Cc1sc2ccc(Cl)cc2c1CS(=O)(=O)[O-]. The zero-order valence-corrected chi connectivity index (χ0v) is 28.0. The highest BCUT2D eigenvalue weighted by Gasteiger charge is 2.31. The van der Waals surface area contributed by atoms with Crippen molar-refractivity contribution in [1.29, 1.82) is 0 Å². The summed E-state index contributed by atoms with van der Waals surface area (Å²) in [4.78, 5) is 5.55. The first-order valence-electron chi connectivity index (χ1n) is 13.4. The van der Waals surface area contributed by atoms with Crippen LogP contribution >= 0.6 is 46.3 Å². The van der Waals surface area contributed by atoms with Crippen molar-refractivity contribution in [3.63, 3.8) is 0 Å². The highest BCUT2D eigenvalue weighted by molar-refractivity contribution is 8.00. The number of benzene rings is 2. The maximum atomic E-state index is 11.7. The standard InChI is InChI=1S/C21H21Cl2NO6S4.C6H15N/c22-13-3-5-18-15(9-13)16(12-34(28,29)30)20(31-18)11-21-24(7-1-2-8-33(25,26)27)17-10-14(23)4-6-19(17)32-21;1-4-7(5-2)6-3/h3-6,9-10,21H,1-2,7-8,11-12H2,(H,25,26,27)(H,28,29,30);4-6H2,1-3H3/p-1. The van der Waals surface area contributed by atoms with Gasteiger partial charge in [0.05, 0.1) is 56.7 Å². The van der Waals surface area contributed by atoms with Crippen LogP contribution in [-0.4, -0.2) is 63.2 Å². The van der Waals surface area contributed by atoms with Gasteiger partial charge in [0.25, 0.3) is 0 Å².